The van der Waals surface area contributed by atoms with E-state index in [2.05, 4.69) is 58.3 Å². The third kappa shape index (κ3) is 3.14. The zero-order valence-electron chi connectivity index (χ0n) is 12.4. The maximum atomic E-state index is 4.43. The van der Waals surface area contributed by atoms with Crippen molar-refractivity contribution in [1.29, 1.82) is 0 Å². The minimum atomic E-state index is 0.815. The van der Waals surface area contributed by atoms with Crippen molar-refractivity contribution in [3.8, 4) is 0 Å². The van der Waals surface area contributed by atoms with Gasteiger partial charge in [0.05, 0.1) is 17.8 Å². The van der Waals surface area contributed by atoms with Gasteiger partial charge < -0.3 is 9.88 Å². The van der Waals surface area contributed by atoms with Crippen molar-refractivity contribution < 1.29 is 0 Å². The molecule has 0 aliphatic rings. The Morgan fingerprint density at radius 3 is 2.86 bits per heavy atom. The molecule has 0 fully saturated rings. The molecule has 1 N–H and O–H groups in total. The highest BCUT2D eigenvalue weighted by Crippen LogP contribution is 2.21. The van der Waals surface area contributed by atoms with Gasteiger partial charge in [0, 0.05) is 18.9 Å². The maximum absolute atomic E-state index is 4.43. The molecule has 0 bridgehead atoms. The van der Waals surface area contributed by atoms with Crippen molar-refractivity contribution >= 4 is 10.9 Å². The lowest BCUT2D eigenvalue weighted by Crippen LogP contribution is -2.14. The molecule has 0 amide bonds. The van der Waals surface area contributed by atoms with Crippen LogP contribution in [-0.4, -0.2) is 16.1 Å². The first-order chi connectivity index (χ1) is 10.4. The summed E-state index contributed by atoms with van der Waals surface area (Å²) in [5, 5.41) is 4.79. The topological polar surface area (TPSA) is 29.9 Å². The van der Waals surface area contributed by atoms with Gasteiger partial charge in [0.25, 0.3) is 0 Å². The molecule has 1 aromatic carbocycles. The molecule has 108 valence electrons. The molecule has 0 unspecified atom stereocenters. The molecule has 0 saturated heterocycles. The van der Waals surface area contributed by atoms with E-state index in [9.17, 15) is 0 Å². The third-order valence-electron chi connectivity index (χ3n) is 3.67. The molecule has 0 saturated carbocycles. The zero-order chi connectivity index (χ0) is 14.5. The van der Waals surface area contributed by atoms with E-state index in [1.807, 2.05) is 18.3 Å². The summed E-state index contributed by atoms with van der Waals surface area (Å²) >= 11 is 0. The van der Waals surface area contributed by atoms with Gasteiger partial charge in [-0.1, -0.05) is 31.2 Å². The smallest absolute Gasteiger partial charge is 0.0648 e. The first kappa shape index (κ1) is 13.8. The van der Waals surface area contributed by atoms with Gasteiger partial charge in [-0.15, -0.1) is 0 Å². The number of nitrogens with zero attached hydrogens (tertiary/aromatic N) is 2. The van der Waals surface area contributed by atoms with Gasteiger partial charge in [-0.3, -0.25) is 4.98 Å². The number of aromatic nitrogens is 2. The van der Waals surface area contributed by atoms with Gasteiger partial charge in [0.15, 0.2) is 0 Å². The summed E-state index contributed by atoms with van der Waals surface area (Å²) in [6.45, 7) is 4.97. The molecule has 2 heterocycles. The molecule has 0 radical (unpaired) electrons. The van der Waals surface area contributed by atoms with E-state index in [4.69, 9.17) is 0 Å². The fraction of sp³-hybridized carbons (Fsp3) is 0.278. The number of pyridine rings is 1. The van der Waals surface area contributed by atoms with Gasteiger partial charge >= 0.3 is 0 Å². The van der Waals surface area contributed by atoms with Crippen LogP contribution in [0.25, 0.3) is 10.9 Å². The fourth-order valence-corrected chi connectivity index (χ4v) is 2.68. The van der Waals surface area contributed by atoms with Crippen LogP contribution in [0.15, 0.2) is 54.9 Å². The Labute approximate surface area is 125 Å². The molecule has 3 aromatic rings. The van der Waals surface area contributed by atoms with Crippen molar-refractivity contribution in [3.63, 3.8) is 0 Å². The molecule has 0 spiro atoms. The quantitative estimate of drug-likeness (QED) is 0.699. The van der Waals surface area contributed by atoms with Crippen molar-refractivity contribution in [2.45, 2.75) is 26.4 Å². The van der Waals surface area contributed by atoms with Crippen LogP contribution in [0.3, 0.4) is 0 Å². The van der Waals surface area contributed by atoms with Crippen LogP contribution in [0.4, 0.5) is 0 Å². The highest BCUT2D eigenvalue weighted by Gasteiger charge is 2.07. The van der Waals surface area contributed by atoms with E-state index in [1.165, 1.54) is 16.5 Å². The van der Waals surface area contributed by atoms with Gasteiger partial charge in [-0.05, 0) is 42.1 Å². The normalized spacial score (nSPS) is 11.1. The molecule has 21 heavy (non-hydrogen) atoms. The van der Waals surface area contributed by atoms with Crippen molar-refractivity contribution in [2.75, 3.05) is 6.54 Å². The Bertz CT molecular complexity index is 701. The van der Waals surface area contributed by atoms with E-state index >= 15 is 0 Å². The molecular weight excluding hydrogens is 258 g/mol. The van der Waals surface area contributed by atoms with E-state index in [0.29, 0.717) is 0 Å². The minimum absolute atomic E-state index is 0.815. The standard InChI is InChI=1S/C18H21N3/c1-2-10-19-13-16-7-5-6-15-9-12-21(18(15)16)14-17-8-3-4-11-20-17/h3-9,11-12,19H,2,10,13-14H2,1H3. The van der Waals surface area contributed by atoms with Gasteiger partial charge in [-0.25, -0.2) is 0 Å². The second-order valence-corrected chi connectivity index (χ2v) is 5.30. The lowest BCUT2D eigenvalue weighted by molar-refractivity contribution is 0.674. The summed E-state index contributed by atoms with van der Waals surface area (Å²) in [5.41, 5.74) is 3.75. The molecule has 3 nitrogen and oxygen atoms in total. The number of benzene rings is 1. The molecule has 2 aromatic heterocycles. The number of fused-ring (bicyclic) bond motifs is 1. The Morgan fingerprint density at radius 2 is 2.05 bits per heavy atom. The summed E-state index contributed by atoms with van der Waals surface area (Å²) in [5.74, 6) is 0. The van der Waals surface area contributed by atoms with Crippen molar-refractivity contribution in [2.24, 2.45) is 0 Å². The van der Waals surface area contributed by atoms with Crippen LogP contribution < -0.4 is 5.32 Å². The van der Waals surface area contributed by atoms with Gasteiger partial charge in [0.1, 0.15) is 0 Å². The van der Waals surface area contributed by atoms with Crippen LogP contribution in [0, 0.1) is 0 Å². The average Bonchev–Trinajstić information content (AvgIpc) is 2.93. The molecule has 3 heteroatoms. The summed E-state index contributed by atoms with van der Waals surface area (Å²) < 4.78 is 2.29. The summed E-state index contributed by atoms with van der Waals surface area (Å²) in [6.07, 6.45) is 5.17. The van der Waals surface area contributed by atoms with E-state index in [-0.39, 0.29) is 0 Å². The molecule has 3 rings (SSSR count). The van der Waals surface area contributed by atoms with Crippen LogP contribution in [0.1, 0.15) is 24.6 Å². The molecule has 0 aliphatic heterocycles. The Kier molecular flexibility index (Phi) is 4.31. The summed E-state index contributed by atoms with van der Waals surface area (Å²) in [6, 6.07) is 14.8. The first-order valence-corrected chi connectivity index (χ1v) is 7.56. The Hall–Kier alpha value is -2.13. The lowest BCUT2D eigenvalue weighted by atomic mass is 10.1. The first-order valence-electron chi connectivity index (χ1n) is 7.56. The SMILES string of the molecule is CCCNCc1cccc2ccn(Cc3ccccn3)c12. The fourth-order valence-electron chi connectivity index (χ4n) is 2.68. The second-order valence-electron chi connectivity index (χ2n) is 5.30. The van der Waals surface area contributed by atoms with Crippen LogP contribution >= 0.6 is 0 Å². The number of nitrogens with one attached hydrogen (secondary N) is 1. The summed E-state index contributed by atoms with van der Waals surface area (Å²) in [7, 11) is 0. The minimum Gasteiger partial charge on any atom is -0.341 e. The highest BCUT2D eigenvalue weighted by atomic mass is 15.0. The van der Waals surface area contributed by atoms with Crippen LogP contribution in [0.5, 0.6) is 0 Å². The third-order valence-corrected chi connectivity index (χ3v) is 3.67. The van der Waals surface area contributed by atoms with E-state index < -0.39 is 0 Å². The zero-order valence-corrected chi connectivity index (χ0v) is 12.4. The largest absolute Gasteiger partial charge is 0.341 e. The average molecular weight is 279 g/mol. The van der Waals surface area contributed by atoms with Gasteiger partial charge in [-0.2, -0.15) is 0 Å². The van der Waals surface area contributed by atoms with Gasteiger partial charge in [0.2, 0.25) is 0 Å². The molecule has 0 aliphatic carbocycles. The number of rotatable bonds is 6. The van der Waals surface area contributed by atoms with E-state index in [0.717, 1.165) is 31.7 Å². The van der Waals surface area contributed by atoms with Crippen LogP contribution in [0.2, 0.25) is 0 Å². The predicted molar refractivity (Wildman–Crippen MR) is 87.3 cm³/mol. The van der Waals surface area contributed by atoms with Crippen molar-refractivity contribution in [3.05, 3.63) is 66.1 Å². The predicted octanol–water partition coefficient (Wildman–Crippen LogP) is 3.58. The van der Waals surface area contributed by atoms with Crippen LogP contribution in [-0.2, 0) is 13.1 Å². The number of hydrogen-bond acceptors (Lipinski definition) is 2. The molecule has 0 atom stereocenters. The highest BCUT2D eigenvalue weighted by molar-refractivity contribution is 5.83. The second kappa shape index (κ2) is 6.55. The Morgan fingerprint density at radius 1 is 1.10 bits per heavy atom. The van der Waals surface area contributed by atoms with E-state index in [1.54, 1.807) is 0 Å². The number of hydrogen-bond donors (Lipinski definition) is 1. The molecular formula is C18H21N3. The summed E-state index contributed by atoms with van der Waals surface area (Å²) in [4.78, 5) is 4.43. The Balaban J connectivity index is 1.91. The lowest BCUT2D eigenvalue weighted by Gasteiger charge is -2.10. The monoisotopic (exact) mass is 279 g/mol. The maximum Gasteiger partial charge on any atom is 0.0648 e. The van der Waals surface area contributed by atoms with Crippen molar-refractivity contribution in [1.82, 2.24) is 14.9 Å². The number of para-hydroxylation sites is 1.